The van der Waals surface area contributed by atoms with Crippen LogP contribution in [-0.2, 0) is 19.6 Å². The van der Waals surface area contributed by atoms with E-state index < -0.39 is 27.4 Å². The van der Waals surface area contributed by atoms with Gasteiger partial charge in [0.25, 0.3) is 0 Å². The number of hydrogen-bond donors (Lipinski definition) is 2. The highest BCUT2D eigenvalue weighted by molar-refractivity contribution is 7.88. The fourth-order valence-electron chi connectivity index (χ4n) is 3.29. The molecule has 1 saturated carbocycles. The third-order valence-electron chi connectivity index (χ3n) is 4.55. The largest absolute Gasteiger partial charge is 0.481 e. The second kappa shape index (κ2) is 5.92. The first-order valence-electron chi connectivity index (χ1n) is 7.24. The first-order valence-corrected chi connectivity index (χ1v) is 9.09. The second-order valence-electron chi connectivity index (χ2n) is 6.04. The van der Waals surface area contributed by atoms with Gasteiger partial charge in [0, 0.05) is 13.1 Å². The lowest BCUT2D eigenvalue weighted by atomic mass is 9.86. The van der Waals surface area contributed by atoms with Crippen molar-refractivity contribution in [2.75, 3.05) is 19.3 Å². The Balaban J connectivity index is 2.00. The molecule has 1 unspecified atom stereocenters. The molecule has 0 radical (unpaired) electrons. The molecule has 0 aromatic heterocycles. The number of carboxylic acid groups (broad SMARTS) is 1. The zero-order valence-corrected chi connectivity index (χ0v) is 13.0. The van der Waals surface area contributed by atoms with Gasteiger partial charge in [-0.25, -0.2) is 8.42 Å². The lowest BCUT2D eigenvalue weighted by molar-refractivity contribution is -0.148. The Morgan fingerprint density at radius 1 is 1.29 bits per heavy atom. The monoisotopic (exact) mass is 318 g/mol. The smallest absolute Gasteiger partial charge is 0.311 e. The van der Waals surface area contributed by atoms with Crippen molar-refractivity contribution in [1.29, 1.82) is 0 Å². The van der Waals surface area contributed by atoms with Crippen molar-refractivity contribution in [2.45, 2.75) is 44.6 Å². The number of rotatable bonds is 5. The molecule has 2 rings (SSSR count). The molecule has 1 aliphatic carbocycles. The summed E-state index contributed by atoms with van der Waals surface area (Å²) in [5.74, 6) is -1.27. The van der Waals surface area contributed by atoms with Crippen molar-refractivity contribution < 1.29 is 23.1 Å². The highest BCUT2D eigenvalue weighted by atomic mass is 32.2. The summed E-state index contributed by atoms with van der Waals surface area (Å²) in [4.78, 5) is 23.6. The molecule has 0 aromatic rings. The van der Waals surface area contributed by atoms with Crippen LogP contribution in [0.15, 0.2) is 0 Å². The lowest BCUT2D eigenvalue weighted by Gasteiger charge is -2.26. The summed E-state index contributed by atoms with van der Waals surface area (Å²) in [6.07, 6.45) is 5.04. The van der Waals surface area contributed by atoms with Crippen molar-refractivity contribution in [3.63, 3.8) is 0 Å². The van der Waals surface area contributed by atoms with Crippen LogP contribution in [0.1, 0.15) is 38.5 Å². The van der Waals surface area contributed by atoms with Gasteiger partial charge in [-0.3, -0.25) is 9.59 Å². The minimum Gasteiger partial charge on any atom is -0.481 e. The Morgan fingerprint density at radius 2 is 1.90 bits per heavy atom. The van der Waals surface area contributed by atoms with Crippen LogP contribution in [0.4, 0.5) is 0 Å². The molecular formula is C13H22N2O5S. The van der Waals surface area contributed by atoms with E-state index in [1.54, 1.807) is 0 Å². The topological polar surface area (TPSA) is 104 Å². The lowest BCUT2D eigenvalue weighted by Crippen LogP contribution is -2.49. The summed E-state index contributed by atoms with van der Waals surface area (Å²) in [5, 5.41) is 12.0. The average molecular weight is 318 g/mol. The Labute approximate surface area is 124 Å². The Bertz CT molecular complexity index is 525. The first-order chi connectivity index (χ1) is 9.76. The van der Waals surface area contributed by atoms with E-state index in [0.717, 1.165) is 19.1 Å². The van der Waals surface area contributed by atoms with E-state index in [1.807, 2.05) is 0 Å². The molecule has 7 nitrogen and oxygen atoms in total. The van der Waals surface area contributed by atoms with Gasteiger partial charge < -0.3 is 10.4 Å². The van der Waals surface area contributed by atoms with Crippen molar-refractivity contribution >= 4 is 21.9 Å². The van der Waals surface area contributed by atoms with Crippen LogP contribution in [0.2, 0.25) is 0 Å². The normalized spacial score (nSPS) is 25.9. The maximum Gasteiger partial charge on any atom is 0.311 e. The van der Waals surface area contributed by atoms with Crippen LogP contribution < -0.4 is 5.32 Å². The molecule has 8 heteroatoms. The van der Waals surface area contributed by atoms with Crippen LogP contribution in [-0.4, -0.2) is 55.1 Å². The molecule has 1 atom stereocenters. The van der Waals surface area contributed by atoms with Gasteiger partial charge in [-0.1, -0.05) is 12.8 Å². The van der Waals surface area contributed by atoms with E-state index >= 15 is 0 Å². The summed E-state index contributed by atoms with van der Waals surface area (Å²) in [7, 11) is -3.41. The van der Waals surface area contributed by atoms with Gasteiger partial charge in [-0.2, -0.15) is 4.31 Å². The van der Waals surface area contributed by atoms with Gasteiger partial charge in [-0.15, -0.1) is 0 Å². The Hall–Kier alpha value is -1.15. The highest BCUT2D eigenvalue weighted by Gasteiger charge is 2.43. The zero-order chi connectivity index (χ0) is 15.7. The number of hydrogen-bond acceptors (Lipinski definition) is 4. The molecule has 2 N–H and O–H groups in total. The van der Waals surface area contributed by atoms with Gasteiger partial charge in [0.2, 0.25) is 15.9 Å². The van der Waals surface area contributed by atoms with Gasteiger partial charge in [0.15, 0.2) is 0 Å². The molecule has 1 heterocycles. The highest BCUT2D eigenvalue weighted by Crippen LogP contribution is 2.37. The summed E-state index contributed by atoms with van der Waals surface area (Å²) in [6, 6.07) is -0.702. The molecule has 0 bridgehead atoms. The third-order valence-corrected chi connectivity index (χ3v) is 5.84. The number of sulfonamides is 1. The predicted molar refractivity (Wildman–Crippen MR) is 76.1 cm³/mol. The minimum absolute atomic E-state index is 0.0786. The fourth-order valence-corrected chi connectivity index (χ4v) is 4.42. The standard InChI is InChI=1S/C13H22N2O5S/c1-21(19,20)15-8-4-5-10(15)11(16)14-9-13(12(17)18)6-2-3-7-13/h10H,2-9H2,1H3,(H,14,16)(H,17,18). The number of carbonyl (C=O) groups is 2. The third kappa shape index (κ3) is 3.37. The van der Waals surface area contributed by atoms with E-state index in [1.165, 1.54) is 4.31 Å². The van der Waals surface area contributed by atoms with Crippen LogP contribution in [0, 0.1) is 5.41 Å². The number of nitrogens with zero attached hydrogens (tertiary/aromatic N) is 1. The summed E-state index contributed by atoms with van der Waals surface area (Å²) in [5.41, 5.74) is -0.885. The van der Waals surface area contributed by atoms with Crippen molar-refractivity contribution in [3.8, 4) is 0 Å². The summed E-state index contributed by atoms with van der Waals surface area (Å²) in [6.45, 7) is 0.427. The SMILES string of the molecule is CS(=O)(=O)N1CCCC1C(=O)NCC1(C(=O)O)CCCC1. The molecule has 0 aromatic carbocycles. The Morgan fingerprint density at radius 3 is 2.43 bits per heavy atom. The maximum atomic E-state index is 12.2. The van der Waals surface area contributed by atoms with Crippen molar-refractivity contribution in [2.24, 2.45) is 5.41 Å². The Kier molecular flexibility index (Phi) is 4.57. The molecule has 2 aliphatic rings. The number of carboxylic acids is 1. The average Bonchev–Trinajstić information content (AvgIpc) is 3.05. The zero-order valence-electron chi connectivity index (χ0n) is 12.2. The number of amides is 1. The van der Waals surface area contributed by atoms with E-state index in [-0.39, 0.29) is 12.5 Å². The molecule has 120 valence electrons. The molecular weight excluding hydrogens is 296 g/mol. The van der Waals surface area contributed by atoms with Crippen molar-refractivity contribution in [1.82, 2.24) is 9.62 Å². The molecule has 2 fully saturated rings. The molecule has 1 saturated heterocycles. The summed E-state index contributed by atoms with van der Waals surface area (Å²) < 4.78 is 24.5. The van der Waals surface area contributed by atoms with Gasteiger partial charge in [0.05, 0.1) is 11.7 Å². The first kappa shape index (κ1) is 16.2. The van der Waals surface area contributed by atoms with E-state index in [4.69, 9.17) is 0 Å². The van der Waals surface area contributed by atoms with Crippen molar-refractivity contribution in [3.05, 3.63) is 0 Å². The van der Waals surface area contributed by atoms with Gasteiger partial charge >= 0.3 is 5.97 Å². The second-order valence-corrected chi connectivity index (χ2v) is 7.98. The molecule has 21 heavy (non-hydrogen) atoms. The van der Waals surface area contributed by atoms with Gasteiger partial charge in [-0.05, 0) is 25.7 Å². The predicted octanol–water partition coefficient (Wildman–Crippen LogP) is 0.172. The number of aliphatic carboxylic acids is 1. The molecule has 1 aliphatic heterocycles. The van der Waals surface area contributed by atoms with Gasteiger partial charge in [0.1, 0.15) is 6.04 Å². The van der Waals surface area contributed by atoms with E-state index in [0.29, 0.717) is 32.2 Å². The van der Waals surface area contributed by atoms with Crippen LogP contribution >= 0.6 is 0 Å². The maximum absolute atomic E-state index is 12.2. The van der Waals surface area contributed by atoms with E-state index in [9.17, 15) is 23.1 Å². The molecule has 1 amide bonds. The molecule has 0 spiro atoms. The number of carbonyl (C=O) groups excluding carboxylic acids is 1. The van der Waals surface area contributed by atoms with E-state index in [2.05, 4.69) is 5.32 Å². The van der Waals surface area contributed by atoms with Crippen LogP contribution in [0.3, 0.4) is 0 Å². The van der Waals surface area contributed by atoms with Crippen LogP contribution in [0.25, 0.3) is 0 Å². The fraction of sp³-hybridized carbons (Fsp3) is 0.846. The van der Waals surface area contributed by atoms with Crippen LogP contribution in [0.5, 0.6) is 0 Å². The number of nitrogens with one attached hydrogen (secondary N) is 1. The summed E-state index contributed by atoms with van der Waals surface area (Å²) >= 11 is 0. The quantitative estimate of drug-likeness (QED) is 0.752. The minimum atomic E-state index is -3.41.